The van der Waals surface area contributed by atoms with Crippen molar-refractivity contribution >= 4 is 57.6 Å². The van der Waals surface area contributed by atoms with Crippen molar-refractivity contribution in [1.29, 1.82) is 0 Å². The van der Waals surface area contributed by atoms with Crippen molar-refractivity contribution in [3.8, 4) is 0 Å². The van der Waals surface area contributed by atoms with Crippen LogP contribution in [0.15, 0.2) is 53.4 Å². The van der Waals surface area contributed by atoms with E-state index in [4.69, 9.17) is 17.0 Å². The maximum atomic E-state index is 12.9. The second-order valence-electron chi connectivity index (χ2n) is 6.37. The summed E-state index contributed by atoms with van der Waals surface area (Å²) in [7, 11) is 0. The van der Waals surface area contributed by atoms with Gasteiger partial charge in [-0.2, -0.15) is 0 Å². The first-order valence-electron chi connectivity index (χ1n) is 9.21. The van der Waals surface area contributed by atoms with Gasteiger partial charge < -0.3 is 4.74 Å². The Kier molecular flexibility index (Phi) is 6.96. The summed E-state index contributed by atoms with van der Waals surface area (Å²) >= 11 is 6.40. The minimum atomic E-state index is -0.495. The number of unbranched alkanes of at least 4 members (excludes halogenated alkanes) is 1. The number of ether oxygens (including phenoxy) is 1. The minimum absolute atomic E-state index is 0.0892. The van der Waals surface area contributed by atoms with Crippen molar-refractivity contribution in [2.75, 3.05) is 11.5 Å². The molecule has 1 fully saturated rings. The van der Waals surface area contributed by atoms with Gasteiger partial charge in [-0.15, -0.1) is 0 Å². The molecule has 0 radical (unpaired) electrons. The summed E-state index contributed by atoms with van der Waals surface area (Å²) in [6.07, 6.45) is 3.20. The summed E-state index contributed by atoms with van der Waals surface area (Å²) in [5, 5.41) is 11.2. The van der Waals surface area contributed by atoms with E-state index in [0.29, 0.717) is 27.7 Å². The normalized spacial score (nSPS) is 15.0. The van der Waals surface area contributed by atoms with E-state index in [-0.39, 0.29) is 16.5 Å². The van der Waals surface area contributed by atoms with Crippen LogP contribution in [0, 0.1) is 10.1 Å². The van der Waals surface area contributed by atoms with Gasteiger partial charge in [0.2, 0.25) is 0 Å². The third kappa shape index (κ3) is 4.74. The zero-order valence-electron chi connectivity index (χ0n) is 16.1. The Labute approximate surface area is 182 Å². The van der Waals surface area contributed by atoms with Gasteiger partial charge in [-0.05, 0) is 42.8 Å². The highest BCUT2D eigenvalue weighted by Crippen LogP contribution is 2.37. The molecule has 0 spiro atoms. The number of hydrogen-bond donors (Lipinski definition) is 0. The maximum Gasteiger partial charge on any atom is 0.338 e. The summed E-state index contributed by atoms with van der Waals surface area (Å²) in [5.41, 5.74) is 1.13. The predicted molar refractivity (Wildman–Crippen MR) is 120 cm³/mol. The number of carbonyl (C=O) groups excluding carboxylic acids is 2. The molecule has 1 aliphatic heterocycles. The Hall–Kier alpha value is -3.04. The first kappa shape index (κ1) is 21.7. The zero-order valence-corrected chi connectivity index (χ0v) is 17.7. The number of nitrogens with zero attached hydrogens (tertiary/aromatic N) is 2. The van der Waals surface area contributed by atoms with Gasteiger partial charge >= 0.3 is 5.97 Å². The Bertz CT molecular complexity index is 1030. The van der Waals surface area contributed by atoms with Gasteiger partial charge in [0.15, 0.2) is 4.32 Å². The summed E-state index contributed by atoms with van der Waals surface area (Å²) in [5.74, 6) is -0.793. The van der Waals surface area contributed by atoms with Crippen molar-refractivity contribution in [2.24, 2.45) is 0 Å². The first-order valence-corrected chi connectivity index (χ1v) is 10.4. The molecule has 0 aliphatic carbocycles. The van der Waals surface area contributed by atoms with Crippen LogP contribution in [0.3, 0.4) is 0 Å². The van der Waals surface area contributed by atoms with Gasteiger partial charge in [0.25, 0.3) is 11.6 Å². The number of carbonyl (C=O) groups is 2. The average molecular weight is 443 g/mol. The molecule has 0 unspecified atom stereocenters. The van der Waals surface area contributed by atoms with Crippen molar-refractivity contribution in [2.45, 2.75) is 19.8 Å². The predicted octanol–water partition coefficient (Wildman–Crippen LogP) is 4.96. The standard InChI is InChI=1S/C21H18N2O5S2/c1-2-3-12-28-20(25)14-8-10-16(11-9-14)22-19(24)18(30-21(22)29)13-15-6-4-5-7-17(15)23(26)27/h4-11,13H,2-3,12H2,1H3/b18-13-. The van der Waals surface area contributed by atoms with Gasteiger partial charge in [-0.1, -0.05) is 49.5 Å². The first-order chi connectivity index (χ1) is 14.4. The number of thioether (sulfide) groups is 1. The molecule has 7 nitrogen and oxygen atoms in total. The van der Waals surface area contributed by atoms with E-state index >= 15 is 0 Å². The van der Waals surface area contributed by atoms with Crippen LogP contribution in [-0.4, -0.2) is 27.7 Å². The van der Waals surface area contributed by atoms with E-state index in [1.807, 2.05) is 6.92 Å². The Morgan fingerprint density at radius 1 is 1.23 bits per heavy atom. The van der Waals surface area contributed by atoms with Crippen molar-refractivity contribution in [3.63, 3.8) is 0 Å². The number of thiocarbonyl (C=S) groups is 1. The number of nitro benzene ring substituents is 1. The van der Waals surface area contributed by atoms with Crippen LogP contribution in [0.4, 0.5) is 11.4 Å². The van der Waals surface area contributed by atoms with E-state index < -0.39 is 10.9 Å². The third-order valence-electron chi connectivity index (χ3n) is 4.31. The molecular weight excluding hydrogens is 424 g/mol. The highest BCUT2D eigenvalue weighted by Gasteiger charge is 2.34. The fraction of sp³-hybridized carbons (Fsp3) is 0.190. The molecule has 0 saturated carbocycles. The van der Waals surface area contributed by atoms with Crippen molar-refractivity contribution < 1.29 is 19.2 Å². The number of esters is 1. The largest absolute Gasteiger partial charge is 0.462 e. The second-order valence-corrected chi connectivity index (χ2v) is 8.05. The summed E-state index contributed by atoms with van der Waals surface area (Å²) < 4.78 is 5.48. The molecule has 9 heteroatoms. The van der Waals surface area contributed by atoms with Crippen LogP contribution in [0.1, 0.15) is 35.7 Å². The van der Waals surface area contributed by atoms with E-state index in [9.17, 15) is 19.7 Å². The van der Waals surface area contributed by atoms with Crippen LogP contribution in [-0.2, 0) is 9.53 Å². The molecule has 0 N–H and O–H groups in total. The lowest BCUT2D eigenvalue weighted by Crippen LogP contribution is -2.27. The number of hydrogen-bond acceptors (Lipinski definition) is 7. The van der Waals surface area contributed by atoms with E-state index in [0.717, 1.165) is 24.6 Å². The molecule has 2 aromatic carbocycles. The zero-order chi connectivity index (χ0) is 21.7. The van der Waals surface area contributed by atoms with E-state index in [2.05, 4.69) is 0 Å². The number of amides is 1. The van der Waals surface area contributed by atoms with Gasteiger partial charge in [-0.3, -0.25) is 19.8 Å². The topological polar surface area (TPSA) is 89.8 Å². The lowest BCUT2D eigenvalue weighted by Gasteiger charge is -2.14. The van der Waals surface area contributed by atoms with Gasteiger partial charge in [0.1, 0.15) is 0 Å². The molecule has 1 heterocycles. The third-order valence-corrected chi connectivity index (χ3v) is 5.61. The highest BCUT2D eigenvalue weighted by molar-refractivity contribution is 8.27. The molecular formula is C21H18N2O5S2. The molecule has 0 bridgehead atoms. The number of rotatable bonds is 7. The second kappa shape index (κ2) is 9.64. The highest BCUT2D eigenvalue weighted by atomic mass is 32.2. The Balaban J connectivity index is 1.80. The smallest absolute Gasteiger partial charge is 0.338 e. The molecule has 0 aromatic heterocycles. The average Bonchev–Trinajstić information content (AvgIpc) is 3.01. The Morgan fingerprint density at radius 3 is 2.60 bits per heavy atom. The van der Waals surface area contributed by atoms with Gasteiger partial charge in [0.05, 0.1) is 33.2 Å². The lowest BCUT2D eigenvalue weighted by atomic mass is 10.1. The summed E-state index contributed by atoms with van der Waals surface area (Å²) in [4.78, 5) is 37.3. The fourth-order valence-corrected chi connectivity index (χ4v) is 4.04. The molecule has 1 amide bonds. The molecule has 30 heavy (non-hydrogen) atoms. The number of anilines is 1. The molecule has 154 valence electrons. The number of nitro groups is 1. The monoisotopic (exact) mass is 442 g/mol. The maximum absolute atomic E-state index is 12.9. The van der Waals surface area contributed by atoms with E-state index in [1.54, 1.807) is 42.5 Å². The van der Waals surface area contributed by atoms with Crippen LogP contribution in [0.2, 0.25) is 0 Å². The number of para-hydroxylation sites is 1. The Morgan fingerprint density at radius 2 is 1.93 bits per heavy atom. The van der Waals surface area contributed by atoms with Crippen LogP contribution in [0.5, 0.6) is 0 Å². The van der Waals surface area contributed by atoms with Crippen LogP contribution < -0.4 is 4.90 Å². The lowest BCUT2D eigenvalue weighted by molar-refractivity contribution is -0.385. The van der Waals surface area contributed by atoms with Gasteiger partial charge in [0, 0.05) is 6.07 Å². The molecule has 0 atom stereocenters. The van der Waals surface area contributed by atoms with Crippen molar-refractivity contribution in [1.82, 2.24) is 0 Å². The molecule has 2 aromatic rings. The van der Waals surface area contributed by atoms with Crippen molar-refractivity contribution in [3.05, 3.63) is 74.7 Å². The van der Waals surface area contributed by atoms with Gasteiger partial charge in [-0.25, -0.2) is 4.79 Å². The summed E-state index contributed by atoms with van der Waals surface area (Å²) in [6.45, 7) is 2.37. The fourth-order valence-electron chi connectivity index (χ4n) is 2.75. The van der Waals surface area contributed by atoms with Crippen LogP contribution in [0.25, 0.3) is 6.08 Å². The summed E-state index contributed by atoms with van der Waals surface area (Å²) in [6, 6.07) is 12.6. The molecule has 1 aliphatic rings. The quantitative estimate of drug-likeness (QED) is 0.150. The SMILES string of the molecule is CCCCOC(=O)c1ccc(N2C(=O)/C(=C/c3ccccc3[N+](=O)[O-])SC2=S)cc1. The molecule has 3 rings (SSSR count). The number of benzene rings is 2. The van der Waals surface area contributed by atoms with E-state index in [1.165, 1.54) is 17.0 Å². The molecule has 1 saturated heterocycles. The van der Waals surface area contributed by atoms with Crippen LogP contribution >= 0.6 is 24.0 Å². The minimum Gasteiger partial charge on any atom is -0.462 e.